The Balaban J connectivity index is 1.89. The van der Waals surface area contributed by atoms with Crippen LogP contribution in [0.5, 0.6) is 11.5 Å². The number of ether oxygens (including phenoxy) is 3. The highest BCUT2D eigenvalue weighted by atomic mass is 16.5. The van der Waals surface area contributed by atoms with Crippen LogP contribution in [0.4, 0.5) is 5.69 Å². The SMILES string of the molecule is CCOc1ccc(NC(=O)[C@H](C)OC(=O)/C=C/c2ccccc2OC)cc1. The number of hydrogen-bond acceptors (Lipinski definition) is 5. The van der Waals surface area contributed by atoms with E-state index < -0.39 is 18.0 Å². The molecule has 2 aromatic carbocycles. The maximum atomic E-state index is 12.2. The zero-order valence-electron chi connectivity index (χ0n) is 15.6. The molecular formula is C21H23NO5. The first-order chi connectivity index (χ1) is 13.0. The molecule has 2 aromatic rings. The number of nitrogens with one attached hydrogen (secondary N) is 1. The van der Waals surface area contributed by atoms with Crippen molar-refractivity contribution in [1.29, 1.82) is 0 Å². The molecule has 6 heteroatoms. The summed E-state index contributed by atoms with van der Waals surface area (Å²) in [5, 5.41) is 2.69. The molecule has 0 aromatic heterocycles. The average molecular weight is 369 g/mol. The van der Waals surface area contributed by atoms with E-state index in [4.69, 9.17) is 14.2 Å². The normalized spacial score (nSPS) is 11.7. The van der Waals surface area contributed by atoms with E-state index in [1.807, 2.05) is 25.1 Å². The fourth-order valence-corrected chi connectivity index (χ4v) is 2.27. The van der Waals surface area contributed by atoms with E-state index in [0.29, 0.717) is 18.0 Å². The first-order valence-corrected chi connectivity index (χ1v) is 8.59. The van der Waals surface area contributed by atoms with Gasteiger partial charge in [0.2, 0.25) is 0 Å². The fraction of sp³-hybridized carbons (Fsp3) is 0.238. The molecule has 0 aliphatic carbocycles. The first-order valence-electron chi connectivity index (χ1n) is 8.59. The molecule has 1 atom stereocenters. The second-order valence-corrected chi connectivity index (χ2v) is 5.60. The van der Waals surface area contributed by atoms with Crippen molar-refractivity contribution in [3.05, 3.63) is 60.2 Å². The van der Waals surface area contributed by atoms with Crippen molar-refractivity contribution in [3.63, 3.8) is 0 Å². The molecule has 0 spiro atoms. The Labute approximate surface area is 158 Å². The highest BCUT2D eigenvalue weighted by Gasteiger charge is 2.16. The minimum Gasteiger partial charge on any atom is -0.496 e. The third-order valence-corrected chi connectivity index (χ3v) is 3.63. The van der Waals surface area contributed by atoms with Gasteiger partial charge in [0.1, 0.15) is 11.5 Å². The minimum atomic E-state index is -0.939. The summed E-state index contributed by atoms with van der Waals surface area (Å²) in [6.45, 7) is 3.98. The van der Waals surface area contributed by atoms with E-state index in [-0.39, 0.29) is 0 Å². The lowest BCUT2D eigenvalue weighted by Gasteiger charge is -2.13. The number of hydrogen-bond donors (Lipinski definition) is 1. The van der Waals surface area contributed by atoms with Crippen molar-refractivity contribution in [2.45, 2.75) is 20.0 Å². The van der Waals surface area contributed by atoms with Gasteiger partial charge in [-0.15, -0.1) is 0 Å². The summed E-state index contributed by atoms with van der Waals surface area (Å²) >= 11 is 0. The quantitative estimate of drug-likeness (QED) is 0.568. The van der Waals surface area contributed by atoms with Gasteiger partial charge in [-0.3, -0.25) is 4.79 Å². The monoisotopic (exact) mass is 369 g/mol. The van der Waals surface area contributed by atoms with Crippen LogP contribution in [0.3, 0.4) is 0 Å². The number of methoxy groups -OCH3 is 1. The molecule has 1 amide bonds. The Kier molecular flexibility index (Phi) is 7.43. The van der Waals surface area contributed by atoms with E-state index in [9.17, 15) is 9.59 Å². The van der Waals surface area contributed by atoms with Gasteiger partial charge >= 0.3 is 5.97 Å². The number of para-hydroxylation sites is 1. The molecule has 1 N–H and O–H groups in total. The summed E-state index contributed by atoms with van der Waals surface area (Å²) in [6.07, 6.45) is 1.91. The number of benzene rings is 2. The molecule has 0 saturated heterocycles. The Morgan fingerprint density at radius 1 is 1.11 bits per heavy atom. The van der Waals surface area contributed by atoms with Gasteiger partial charge in [0, 0.05) is 17.3 Å². The lowest BCUT2D eigenvalue weighted by atomic mass is 10.2. The van der Waals surface area contributed by atoms with Crippen LogP contribution in [0.25, 0.3) is 6.08 Å². The predicted molar refractivity (Wildman–Crippen MR) is 104 cm³/mol. The Bertz CT molecular complexity index is 798. The molecule has 142 valence electrons. The molecule has 0 unspecified atom stereocenters. The Morgan fingerprint density at radius 3 is 2.48 bits per heavy atom. The van der Waals surface area contributed by atoms with Gasteiger partial charge in [0.15, 0.2) is 6.10 Å². The summed E-state index contributed by atoms with van der Waals surface area (Å²) in [4.78, 5) is 24.1. The van der Waals surface area contributed by atoms with Gasteiger partial charge in [0.05, 0.1) is 13.7 Å². The van der Waals surface area contributed by atoms with Crippen molar-refractivity contribution >= 4 is 23.6 Å². The van der Waals surface area contributed by atoms with Crippen LogP contribution in [0.15, 0.2) is 54.6 Å². The van der Waals surface area contributed by atoms with Gasteiger partial charge in [0.25, 0.3) is 5.91 Å². The summed E-state index contributed by atoms with van der Waals surface area (Å²) in [5.74, 6) is 0.327. The molecule has 27 heavy (non-hydrogen) atoms. The summed E-state index contributed by atoms with van der Waals surface area (Å²) in [5.41, 5.74) is 1.33. The van der Waals surface area contributed by atoms with E-state index in [1.54, 1.807) is 43.5 Å². The third-order valence-electron chi connectivity index (χ3n) is 3.63. The smallest absolute Gasteiger partial charge is 0.331 e. The molecule has 0 aliphatic rings. The van der Waals surface area contributed by atoms with Crippen molar-refractivity contribution in [1.82, 2.24) is 0 Å². The zero-order chi connectivity index (χ0) is 19.6. The number of amides is 1. The molecule has 0 saturated carbocycles. The average Bonchev–Trinajstić information content (AvgIpc) is 2.68. The third kappa shape index (κ3) is 6.18. The maximum Gasteiger partial charge on any atom is 0.331 e. The van der Waals surface area contributed by atoms with Crippen LogP contribution in [0.2, 0.25) is 0 Å². The van der Waals surface area contributed by atoms with Gasteiger partial charge in [-0.25, -0.2) is 4.79 Å². The van der Waals surface area contributed by atoms with Crippen LogP contribution in [-0.4, -0.2) is 31.7 Å². The van der Waals surface area contributed by atoms with E-state index in [1.165, 1.54) is 13.0 Å². The van der Waals surface area contributed by atoms with Crippen LogP contribution >= 0.6 is 0 Å². The van der Waals surface area contributed by atoms with Gasteiger partial charge in [-0.05, 0) is 50.3 Å². The van der Waals surface area contributed by atoms with Crippen molar-refractivity contribution in [2.75, 3.05) is 19.0 Å². The summed E-state index contributed by atoms with van der Waals surface area (Å²) in [7, 11) is 1.55. The fourth-order valence-electron chi connectivity index (χ4n) is 2.27. The lowest BCUT2D eigenvalue weighted by Crippen LogP contribution is -2.29. The number of carbonyl (C=O) groups excluding carboxylic acids is 2. The molecule has 2 rings (SSSR count). The molecule has 6 nitrogen and oxygen atoms in total. The Morgan fingerprint density at radius 2 is 1.81 bits per heavy atom. The van der Waals surface area contributed by atoms with Crippen molar-refractivity contribution in [2.24, 2.45) is 0 Å². The van der Waals surface area contributed by atoms with Gasteiger partial charge in [-0.2, -0.15) is 0 Å². The second-order valence-electron chi connectivity index (χ2n) is 5.60. The summed E-state index contributed by atoms with van der Waals surface area (Å²) in [6, 6.07) is 14.2. The van der Waals surface area contributed by atoms with Crippen LogP contribution < -0.4 is 14.8 Å². The number of esters is 1. The lowest BCUT2D eigenvalue weighted by molar-refractivity contribution is -0.148. The van der Waals surface area contributed by atoms with Crippen molar-refractivity contribution < 1.29 is 23.8 Å². The maximum absolute atomic E-state index is 12.2. The van der Waals surface area contributed by atoms with Crippen LogP contribution in [0, 0.1) is 0 Å². The van der Waals surface area contributed by atoms with E-state index >= 15 is 0 Å². The molecule has 0 bridgehead atoms. The Hall–Kier alpha value is -3.28. The minimum absolute atomic E-state index is 0.418. The standard InChI is InChI=1S/C21H23NO5/c1-4-26-18-12-10-17(11-13-18)22-21(24)15(2)27-20(23)14-9-16-7-5-6-8-19(16)25-3/h5-15H,4H2,1-3H3,(H,22,24)/b14-9+/t15-/m0/s1. The highest BCUT2D eigenvalue weighted by Crippen LogP contribution is 2.19. The molecular weight excluding hydrogens is 346 g/mol. The van der Waals surface area contributed by atoms with Crippen molar-refractivity contribution in [3.8, 4) is 11.5 Å². The largest absolute Gasteiger partial charge is 0.496 e. The van der Waals surface area contributed by atoms with E-state index in [2.05, 4.69) is 5.32 Å². The van der Waals surface area contributed by atoms with Gasteiger partial charge in [-0.1, -0.05) is 18.2 Å². The molecule has 0 radical (unpaired) electrons. The topological polar surface area (TPSA) is 73.9 Å². The predicted octanol–water partition coefficient (Wildman–Crippen LogP) is 3.68. The van der Waals surface area contributed by atoms with Gasteiger partial charge < -0.3 is 19.5 Å². The molecule has 0 aliphatic heterocycles. The van der Waals surface area contributed by atoms with Crippen LogP contribution in [0.1, 0.15) is 19.4 Å². The highest BCUT2D eigenvalue weighted by molar-refractivity contribution is 5.96. The zero-order valence-corrected chi connectivity index (χ0v) is 15.6. The number of carbonyl (C=O) groups is 2. The summed E-state index contributed by atoms with van der Waals surface area (Å²) < 4.78 is 15.7. The first kappa shape index (κ1) is 20.0. The number of anilines is 1. The second kappa shape index (κ2) is 10.0. The molecule has 0 fully saturated rings. The molecule has 0 heterocycles. The van der Waals surface area contributed by atoms with E-state index in [0.717, 1.165) is 11.3 Å². The van der Waals surface area contributed by atoms with Crippen LogP contribution in [-0.2, 0) is 14.3 Å². The number of rotatable bonds is 8.